The third-order valence-corrected chi connectivity index (χ3v) is 4.62. The SMILES string of the molecule is COc1ccc(C(=O)NCc2cccnc2-c2cccs2)c(OC)c1. The van der Waals surface area contributed by atoms with Crippen LogP contribution in [0.2, 0.25) is 0 Å². The fraction of sp³-hybridized carbons (Fsp3) is 0.158. The Morgan fingerprint density at radius 1 is 1.16 bits per heavy atom. The van der Waals surface area contributed by atoms with Crippen molar-refractivity contribution < 1.29 is 14.3 Å². The second-order valence-electron chi connectivity index (χ2n) is 5.24. The number of carbonyl (C=O) groups excluding carboxylic acids is 1. The number of rotatable bonds is 6. The molecule has 25 heavy (non-hydrogen) atoms. The van der Waals surface area contributed by atoms with Crippen molar-refractivity contribution in [2.24, 2.45) is 0 Å². The molecule has 0 aliphatic rings. The lowest BCUT2D eigenvalue weighted by Gasteiger charge is -2.12. The minimum absolute atomic E-state index is 0.208. The van der Waals surface area contributed by atoms with Crippen LogP contribution >= 0.6 is 11.3 Å². The molecule has 1 aromatic carbocycles. The Morgan fingerprint density at radius 2 is 2.04 bits per heavy atom. The van der Waals surface area contributed by atoms with Gasteiger partial charge < -0.3 is 14.8 Å². The van der Waals surface area contributed by atoms with E-state index in [4.69, 9.17) is 9.47 Å². The van der Waals surface area contributed by atoms with Gasteiger partial charge in [0.15, 0.2) is 0 Å². The molecule has 1 N–H and O–H groups in total. The highest BCUT2D eigenvalue weighted by molar-refractivity contribution is 7.13. The number of amides is 1. The van der Waals surface area contributed by atoms with Crippen molar-refractivity contribution in [2.75, 3.05) is 14.2 Å². The minimum atomic E-state index is -0.208. The first-order chi connectivity index (χ1) is 12.2. The van der Waals surface area contributed by atoms with E-state index in [0.29, 0.717) is 23.6 Å². The number of methoxy groups -OCH3 is 2. The smallest absolute Gasteiger partial charge is 0.255 e. The van der Waals surface area contributed by atoms with E-state index in [-0.39, 0.29) is 5.91 Å². The van der Waals surface area contributed by atoms with Crippen LogP contribution in [0.15, 0.2) is 54.0 Å². The molecule has 3 rings (SSSR count). The molecule has 0 saturated heterocycles. The molecule has 6 heteroatoms. The van der Waals surface area contributed by atoms with E-state index in [1.807, 2.05) is 29.6 Å². The molecule has 0 unspecified atom stereocenters. The highest BCUT2D eigenvalue weighted by atomic mass is 32.1. The third-order valence-electron chi connectivity index (χ3n) is 3.74. The summed E-state index contributed by atoms with van der Waals surface area (Å²) < 4.78 is 10.5. The molecule has 2 aromatic heterocycles. The number of pyridine rings is 1. The number of hydrogen-bond donors (Lipinski definition) is 1. The monoisotopic (exact) mass is 354 g/mol. The van der Waals surface area contributed by atoms with E-state index >= 15 is 0 Å². The van der Waals surface area contributed by atoms with Gasteiger partial charge in [-0.2, -0.15) is 0 Å². The van der Waals surface area contributed by atoms with E-state index in [1.54, 1.807) is 42.8 Å². The average molecular weight is 354 g/mol. The number of thiophene rings is 1. The summed E-state index contributed by atoms with van der Waals surface area (Å²) in [5, 5.41) is 4.94. The lowest BCUT2D eigenvalue weighted by molar-refractivity contribution is 0.0948. The van der Waals surface area contributed by atoms with Crippen molar-refractivity contribution in [3.05, 3.63) is 65.2 Å². The number of nitrogens with one attached hydrogen (secondary N) is 1. The summed E-state index contributed by atoms with van der Waals surface area (Å²) in [7, 11) is 3.10. The van der Waals surface area contributed by atoms with E-state index in [1.165, 1.54) is 7.11 Å². The zero-order valence-electron chi connectivity index (χ0n) is 14.0. The first kappa shape index (κ1) is 17.0. The Bertz CT molecular complexity index is 863. The van der Waals surface area contributed by atoms with Crippen molar-refractivity contribution in [3.8, 4) is 22.1 Å². The van der Waals surface area contributed by atoms with Gasteiger partial charge in [-0.3, -0.25) is 9.78 Å². The molecule has 0 saturated carbocycles. The topological polar surface area (TPSA) is 60.5 Å². The molecule has 0 aliphatic heterocycles. The minimum Gasteiger partial charge on any atom is -0.497 e. The Hall–Kier alpha value is -2.86. The highest BCUT2D eigenvalue weighted by Gasteiger charge is 2.14. The first-order valence-electron chi connectivity index (χ1n) is 7.71. The lowest BCUT2D eigenvalue weighted by Crippen LogP contribution is -2.23. The van der Waals surface area contributed by atoms with Crippen molar-refractivity contribution in [3.63, 3.8) is 0 Å². The second-order valence-corrected chi connectivity index (χ2v) is 6.19. The Balaban J connectivity index is 1.78. The van der Waals surface area contributed by atoms with Crippen LogP contribution in [0.5, 0.6) is 11.5 Å². The standard InChI is InChI=1S/C19H18N2O3S/c1-23-14-7-8-15(16(11-14)24-2)19(22)21-12-13-5-3-9-20-18(13)17-6-4-10-25-17/h3-11H,12H2,1-2H3,(H,21,22). The Labute approximate surface area is 150 Å². The zero-order chi connectivity index (χ0) is 17.6. The van der Waals surface area contributed by atoms with E-state index in [2.05, 4.69) is 10.3 Å². The summed E-state index contributed by atoms with van der Waals surface area (Å²) in [6.07, 6.45) is 1.76. The van der Waals surface area contributed by atoms with Crippen molar-refractivity contribution in [1.29, 1.82) is 0 Å². The largest absolute Gasteiger partial charge is 0.497 e. The van der Waals surface area contributed by atoms with E-state index < -0.39 is 0 Å². The molecule has 5 nitrogen and oxygen atoms in total. The molecule has 1 amide bonds. The fourth-order valence-electron chi connectivity index (χ4n) is 2.47. The van der Waals surface area contributed by atoms with Gasteiger partial charge in [0.1, 0.15) is 11.5 Å². The van der Waals surface area contributed by atoms with Crippen LogP contribution in [-0.4, -0.2) is 25.1 Å². The van der Waals surface area contributed by atoms with Gasteiger partial charge in [-0.05, 0) is 35.2 Å². The summed E-state index contributed by atoms with van der Waals surface area (Å²) in [4.78, 5) is 18.1. The molecule has 0 radical (unpaired) electrons. The summed E-state index contributed by atoms with van der Waals surface area (Å²) in [5.41, 5.74) is 2.31. The molecule has 0 spiro atoms. The molecule has 0 atom stereocenters. The van der Waals surface area contributed by atoms with Gasteiger partial charge in [-0.1, -0.05) is 12.1 Å². The number of carbonyl (C=O) groups is 1. The van der Waals surface area contributed by atoms with Crippen molar-refractivity contribution in [1.82, 2.24) is 10.3 Å². The van der Waals surface area contributed by atoms with Crippen molar-refractivity contribution in [2.45, 2.75) is 6.54 Å². The number of benzene rings is 1. The summed E-state index contributed by atoms with van der Waals surface area (Å²) in [6, 6.07) is 13.0. The average Bonchev–Trinajstić information content (AvgIpc) is 3.20. The summed E-state index contributed by atoms with van der Waals surface area (Å²) in [6.45, 7) is 0.384. The van der Waals surface area contributed by atoms with E-state index in [0.717, 1.165) is 16.1 Å². The van der Waals surface area contributed by atoms with Gasteiger partial charge in [0.2, 0.25) is 0 Å². The summed E-state index contributed by atoms with van der Waals surface area (Å²) in [5.74, 6) is 0.905. The predicted octanol–water partition coefficient (Wildman–Crippen LogP) is 3.76. The first-order valence-corrected chi connectivity index (χ1v) is 8.59. The van der Waals surface area contributed by atoms with Gasteiger partial charge in [0.05, 0.1) is 30.4 Å². The Kier molecular flexibility index (Phi) is 5.30. The van der Waals surface area contributed by atoms with Gasteiger partial charge >= 0.3 is 0 Å². The van der Waals surface area contributed by atoms with Gasteiger partial charge in [-0.25, -0.2) is 0 Å². The maximum Gasteiger partial charge on any atom is 0.255 e. The molecular weight excluding hydrogens is 336 g/mol. The number of aromatic nitrogens is 1. The number of nitrogens with zero attached hydrogens (tertiary/aromatic N) is 1. The van der Waals surface area contributed by atoms with Crippen LogP contribution in [0, 0.1) is 0 Å². The zero-order valence-corrected chi connectivity index (χ0v) is 14.8. The number of ether oxygens (including phenoxy) is 2. The van der Waals surface area contributed by atoms with Crippen molar-refractivity contribution >= 4 is 17.2 Å². The normalized spacial score (nSPS) is 10.3. The second kappa shape index (κ2) is 7.81. The predicted molar refractivity (Wildman–Crippen MR) is 98.3 cm³/mol. The molecule has 0 aliphatic carbocycles. The molecular formula is C19H18N2O3S. The van der Waals surface area contributed by atoms with Crippen LogP contribution in [-0.2, 0) is 6.54 Å². The summed E-state index contributed by atoms with van der Waals surface area (Å²) >= 11 is 1.62. The Morgan fingerprint density at radius 3 is 2.76 bits per heavy atom. The fourth-order valence-corrected chi connectivity index (χ4v) is 3.23. The van der Waals surface area contributed by atoms with Gasteiger partial charge in [-0.15, -0.1) is 11.3 Å². The number of hydrogen-bond acceptors (Lipinski definition) is 5. The van der Waals surface area contributed by atoms with Gasteiger partial charge in [0.25, 0.3) is 5.91 Å². The maximum absolute atomic E-state index is 12.5. The van der Waals surface area contributed by atoms with Crippen LogP contribution < -0.4 is 14.8 Å². The van der Waals surface area contributed by atoms with E-state index in [9.17, 15) is 4.79 Å². The quantitative estimate of drug-likeness (QED) is 0.732. The molecule has 0 bridgehead atoms. The molecule has 128 valence electrons. The molecule has 0 fully saturated rings. The van der Waals surface area contributed by atoms with Crippen LogP contribution in [0.3, 0.4) is 0 Å². The molecule has 2 heterocycles. The van der Waals surface area contributed by atoms with Crippen LogP contribution in [0.25, 0.3) is 10.6 Å². The van der Waals surface area contributed by atoms with Gasteiger partial charge in [0, 0.05) is 18.8 Å². The lowest BCUT2D eigenvalue weighted by atomic mass is 10.1. The molecule has 3 aromatic rings. The van der Waals surface area contributed by atoms with Crippen LogP contribution in [0.1, 0.15) is 15.9 Å². The maximum atomic E-state index is 12.5. The van der Waals surface area contributed by atoms with Crippen LogP contribution in [0.4, 0.5) is 0 Å². The highest BCUT2D eigenvalue weighted by Crippen LogP contribution is 2.27. The third kappa shape index (κ3) is 3.80.